The van der Waals surface area contributed by atoms with Crippen molar-refractivity contribution in [3.8, 4) is 45.0 Å². The summed E-state index contributed by atoms with van der Waals surface area (Å²) < 4.78 is 9.79. The maximum Gasteiger partial charge on any atom is 0.0541 e. The minimum absolute atomic E-state index is 1.07. The smallest absolute Gasteiger partial charge is 0.0541 e. The molecule has 12 aromatic carbocycles. The molecule has 0 radical (unpaired) electrons. The average Bonchev–Trinajstić information content (AvgIpc) is 3.75. The number of para-hydroxylation sites is 8. The van der Waals surface area contributed by atoms with Crippen molar-refractivity contribution in [1.29, 1.82) is 0 Å². The number of allylic oxidation sites excluding steroid dienone is 2. The molecule has 0 bridgehead atoms. The van der Waals surface area contributed by atoms with Crippen LogP contribution in [-0.4, -0.2) is 18.3 Å². The van der Waals surface area contributed by atoms with Crippen molar-refractivity contribution in [3.05, 3.63) is 301 Å². The van der Waals surface area contributed by atoms with E-state index in [1.165, 1.54) is 132 Å². The molecule has 1 fully saturated rings. The number of aromatic nitrogens is 4. The monoisotopic (exact) mass is 1070 g/mol. The first-order valence-corrected chi connectivity index (χ1v) is 29.5. The van der Waals surface area contributed by atoms with Crippen LogP contribution in [0.15, 0.2) is 290 Å². The van der Waals surface area contributed by atoms with Crippen LogP contribution in [0.4, 0.5) is 0 Å². The Kier molecular flexibility index (Phi) is 11.2. The molecule has 0 unspecified atom stereocenters. The van der Waals surface area contributed by atoms with E-state index in [1.807, 2.05) is 0 Å². The summed E-state index contributed by atoms with van der Waals surface area (Å²) in [5.41, 5.74) is 24.5. The molecule has 4 heteroatoms. The van der Waals surface area contributed by atoms with E-state index in [9.17, 15) is 0 Å². The number of hydrogen-bond donors (Lipinski definition) is 0. The Hall–Kier alpha value is -10.7. The summed E-state index contributed by atoms with van der Waals surface area (Å²) in [6, 6.07) is 103. The van der Waals surface area contributed by atoms with Crippen molar-refractivity contribution in [2.45, 2.75) is 25.7 Å². The van der Waals surface area contributed by atoms with Crippen LogP contribution < -0.4 is 0 Å². The second-order valence-electron chi connectivity index (χ2n) is 22.8. The van der Waals surface area contributed by atoms with Crippen molar-refractivity contribution in [1.82, 2.24) is 18.3 Å². The quantitative estimate of drug-likeness (QED) is 0.145. The lowest BCUT2D eigenvalue weighted by molar-refractivity contribution is 0.739. The average molecular weight is 1070 g/mol. The molecule has 1 aliphatic rings. The van der Waals surface area contributed by atoms with Gasteiger partial charge >= 0.3 is 0 Å². The van der Waals surface area contributed by atoms with E-state index in [2.05, 4.69) is 309 Å². The van der Waals surface area contributed by atoms with Crippen molar-refractivity contribution in [2.75, 3.05) is 0 Å². The Morgan fingerprint density at radius 2 is 0.405 bits per heavy atom. The first-order valence-electron chi connectivity index (χ1n) is 29.5. The highest BCUT2D eigenvalue weighted by molar-refractivity contribution is 6.13. The van der Waals surface area contributed by atoms with Gasteiger partial charge in [-0.2, -0.15) is 0 Å². The van der Waals surface area contributed by atoms with Crippen LogP contribution in [0.2, 0.25) is 0 Å². The number of nitrogens with zero attached hydrogens (tertiary/aromatic N) is 4. The number of rotatable bonds is 8. The van der Waals surface area contributed by atoms with Gasteiger partial charge in [-0.1, -0.05) is 217 Å². The predicted octanol–water partition coefficient (Wildman–Crippen LogP) is 21.5. The Bertz CT molecular complexity index is 4540. The van der Waals surface area contributed by atoms with Gasteiger partial charge in [0.15, 0.2) is 0 Å². The summed E-state index contributed by atoms with van der Waals surface area (Å²) in [6.07, 6.45) is 9.14. The fraction of sp³-hybridized carbons (Fsp3) is 0.0500. The van der Waals surface area contributed by atoms with Gasteiger partial charge in [-0.25, -0.2) is 0 Å². The van der Waals surface area contributed by atoms with Gasteiger partial charge in [-0.3, -0.25) is 0 Å². The topological polar surface area (TPSA) is 19.7 Å². The SMILES string of the molecule is C(=C1CCC(=Cc2ccc(-c3cc(-n4c5ccccc5c5ccccc54)cc(-n4c5ccccc5c5ccccc54)c3)cc2)CC1)c1ccc(-c2cc(-n3c4ccccc4c4ccccc43)cc(-n3c4ccccc4c4ccccc43)c2)cc1. The van der Waals surface area contributed by atoms with E-state index >= 15 is 0 Å². The minimum Gasteiger partial charge on any atom is -0.309 e. The van der Waals surface area contributed by atoms with Crippen LogP contribution in [0.25, 0.3) is 144 Å². The molecule has 0 aliphatic heterocycles. The van der Waals surface area contributed by atoms with E-state index in [1.54, 1.807) is 0 Å². The van der Waals surface area contributed by atoms with Crippen molar-refractivity contribution in [3.63, 3.8) is 0 Å². The summed E-state index contributed by atoms with van der Waals surface area (Å²) in [5, 5.41) is 10.1. The molecule has 4 heterocycles. The molecule has 4 aromatic heterocycles. The second kappa shape index (κ2) is 19.5. The third-order valence-corrected chi connectivity index (χ3v) is 17.9. The fourth-order valence-corrected chi connectivity index (χ4v) is 14.0. The lowest BCUT2D eigenvalue weighted by Gasteiger charge is -2.18. The number of fused-ring (bicyclic) bond motifs is 12. The van der Waals surface area contributed by atoms with Crippen LogP contribution in [0.3, 0.4) is 0 Å². The highest BCUT2D eigenvalue weighted by Gasteiger charge is 2.20. The van der Waals surface area contributed by atoms with Crippen LogP contribution in [0, 0.1) is 0 Å². The van der Waals surface area contributed by atoms with Gasteiger partial charge < -0.3 is 18.3 Å². The summed E-state index contributed by atoms with van der Waals surface area (Å²) in [4.78, 5) is 0. The highest BCUT2D eigenvalue weighted by atomic mass is 15.0. The fourth-order valence-electron chi connectivity index (χ4n) is 14.0. The summed E-state index contributed by atoms with van der Waals surface area (Å²) in [6.45, 7) is 0. The van der Waals surface area contributed by atoms with E-state index in [-0.39, 0.29) is 0 Å². The maximum atomic E-state index is 2.45. The molecule has 396 valence electrons. The van der Waals surface area contributed by atoms with Gasteiger partial charge in [0.1, 0.15) is 0 Å². The van der Waals surface area contributed by atoms with Gasteiger partial charge in [0.2, 0.25) is 0 Å². The van der Waals surface area contributed by atoms with Crippen LogP contribution >= 0.6 is 0 Å². The molecule has 17 rings (SSSR count). The standard InChI is InChI=1S/C80H56N4/c1-9-25-73-65(17-1)66-18-2-10-26-74(66)81(73)61-47-59(48-62(51-61)82-75-27-11-3-19-67(75)68-20-4-12-28-76(68)82)57-41-37-55(38-42-57)45-53-33-35-54(36-34-53)46-56-39-43-58(44-40-56)60-49-63(83-77-29-13-5-21-69(77)70-22-6-14-30-78(70)83)52-64(50-60)84-79-31-15-7-23-71(79)72-24-8-16-32-80(72)84/h1-32,37-52H,33-36H2. The molecule has 1 aliphatic carbocycles. The van der Waals surface area contributed by atoms with Gasteiger partial charge in [-0.05, 0) is 144 Å². The Balaban J connectivity index is 0.671. The third-order valence-electron chi connectivity index (χ3n) is 17.9. The molecule has 4 nitrogen and oxygen atoms in total. The molecule has 0 saturated heterocycles. The van der Waals surface area contributed by atoms with Crippen molar-refractivity contribution < 1.29 is 0 Å². The number of hydrogen-bond acceptors (Lipinski definition) is 0. The maximum absolute atomic E-state index is 2.45. The van der Waals surface area contributed by atoms with Crippen LogP contribution in [-0.2, 0) is 0 Å². The molecular formula is C80H56N4. The molecule has 0 atom stereocenters. The third kappa shape index (κ3) is 7.90. The summed E-state index contributed by atoms with van der Waals surface area (Å²) in [7, 11) is 0. The largest absolute Gasteiger partial charge is 0.309 e. The van der Waals surface area contributed by atoms with Gasteiger partial charge in [0.25, 0.3) is 0 Å². The Labute approximate surface area is 486 Å². The van der Waals surface area contributed by atoms with E-state index in [0.29, 0.717) is 0 Å². The number of benzene rings is 12. The zero-order chi connectivity index (χ0) is 55.2. The first-order chi connectivity index (χ1) is 41.6. The Morgan fingerprint density at radius 1 is 0.202 bits per heavy atom. The van der Waals surface area contributed by atoms with Crippen LogP contribution in [0.5, 0.6) is 0 Å². The molecule has 1 saturated carbocycles. The van der Waals surface area contributed by atoms with Crippen LogP contribution in [0.1, 0.15) is 36.8 Å². The molecule has 84 heavy (non-hydrogen) atoms. The highest BCUT2D eigenvalue weighted by Crippen LogP contribution is 2.41. The zero-order valence-corrected chi connectivity index (χ0v) is 46.3. The van der Waals surface area contributed by atoms with Gasteiger partial charge in [0.05, 0.1) is 44.1 Å². The predicted molar refractivity (Wildman–Crippen MR) is 356 cm³/mol. The second-order valence-corrected chi connectivity index (χ2v) is 22.8. The Morgan fingerprint density at radius 3 is 0.619 bits per heavy atom. The zero-order valence-electron chi connectivity index (χ0n) is 46.3. The van der Waals surface area contributed by atoms with Gasteiger partial charge in [0, 0.05) is 65.8 Å². The molecule has 0 N–H and O–H groups in total. The first kappa shape index (κ1) is 48.1. The molecule has 0 amide bonds. The lowest BCUT2D eigenvalue weighted by Crippen LogP contribution is -2.00. The van der Waals surface area contributed by atoms with E-state index < -0.39 is 0 Å². The summed E-state index contributed by atoms with van der Waals surface area (Å²) in [5.74, 6) is 0. The lowest BCUT2D eigenvalue weighted by atomic mass is 9.88. The molecule has 0 spiro atoms. The van der Waals surface area contributed by atoms with Crippen molar-refractivity contribution in [2.24, 2.45) is 0 Å². The molecule has 16 aromatic rings. The minimum atomic E-state index is 1.07. The van der Waals surface area contributed by atoms with E-state index in [0.717, 1.165) is 48.4 Å². The van der Waals surface area contributed by atoms with Crippen molar-refractivity contribution >= 4 is 99.4 Å². The molecular weight excluding hydrogens is 1020 g/mol. The summed E-state index contributed by atoms with van der Waals surface area (Å²) >= 11 is 0. The normalized spacial score (nSPS) is 13.0. The van der Waals surface area contributed by atoms with E-state index in [4.69, 9.17) is 0 Å². The van der Waals surface area contributed by atoms with Gasteiger partial charge in [-0.15, -0.1) is 0 Å².